The van der Waals surface area contributed by atoms with E-state index in [1.807, 2.05) is 39.8 Å². The normalized spacial score (nSPS) is 22.9. The molecule has 5 nitrogen and oxygen atoms in total. The average molecular weight is 312 g/mol. The minimum atomic E-state index is -3.04. The van der Waals surface area contributed by atoms with Crippen LogP contribution in [0.5, 0.6) is 5.75 Å². The second-order valence-electron chi connectivity index (χ2n) is 6.20. The molecule has 0 aromatic heterocycles. The van der Waals surface area contributed by atoms with E-state index in [2.05, 4.69) is 0 Å². The molecule has 1 unspecified atom stereocenters. The third-order valence-electron chi connectivity index (χ3n) is 4.01. The molecule has 0 N–H and O–H groups in total. The average Bonchev–Trinajstić information content (AvgIpc) is 2.59. The van der Waals surface area contributed by atoms with Crippen LogP contribution in [0.3, 0.4) is 0 Å². The SMILES string of the molecule is COP(C)(=O)Oc1ccc(B2OC(C)(C)C(C)(C)O2)cc1. The van der Waals surface area contributed by atoms with E-state index in [0.29, 0.717) is 5.75 Å². The van der Waals surface area contributed by atoms with Gasteiger partial charge in [0.15, 0.2) is 0 Å². The van der Waals surface area contributed by atoms with Gasteiger partial charge in [0.25, 0.3) is 0 Å². The van der Waals surface area contributed by atoms with Gasteiger partial charge in [-0.1, -0.05) is 12.1 Å². The fourth-order valence-electron chi connectivity index (χ4n) is 1.89. The molecule has 7 heteroatoms. The van der Waals surface area contributed by atoms with Crippen molar-refractivity contribution < 1.29 is 22.9 Å². The van der Waals surface area contributed by atoms with Gasteiger partial charge >= 0.3 is 14.7 Å². The van der Waals surface area contributed by atoms with Crippen molar-refractivity contribution in [1.82, 2.24) is 0 Å². The molecular formula is C14H22BO5P. The Bertz CT molecular complexity index is 539. The summed E-state index contributed by atoms with van der Waals surface area (Å²) in [6.07, 6.45) is 0. The van der Waals surface area contributed by atoms with Crippen molar-refractivity contribution >= 4 is 20.2 Å². The monoisotopic (exact) mass is 312 g/mol. The molecule has 1 saturated heterocycles. The summed E-state index contributed by atoms with van der Waals surface area (Å²) in [5, 5.41) is 0. The number of hydrogen-bond donors (Lipinski definition) is 0. The van der Waals surface area contributed by atoms with Crippen LogP contribution in [-0.4, -0.2) is 32.1 Å². The van der Waals surface area contributed by atoms with E-state index in [1.165, 1.54) is 13.8 Å². The summed E-state index contributed by atoms with van der Waals surface area (Å²) in [5.74, 6) is 0.489. The van der Waals surface area contributed by atoms with Gasteiger partial charge in [0.1, 0.15) is 5.75 Å². The summed E-state index contributed by atoms with van der Waals surface area (Å²) >= 11 is 0. The quantitative estimate of drug-likeness (QED) is 0.632. The topological polar surface area (TPSA) is 54.0 Å². The van der Waals surface area contributed by atoms with Gasteiger partial charge in [-0.3, -0.25) is 0 Å². The highest BCUT2D eigenvalue weighted by Gasteiger charge is 2.51. The Morgan fingerprint density at radius 1 is 1.05 bits per heavy atom. The van der Waals surface area contributed by atoms with Gasteiger partial charge < -0.3 is 18.4 Å². The van der Waals surface area contributed by atoms with Gasteiger partial charge in [0, 0.05) is 13.8 Å². The highest BCUT2D eigenvalue weighted by molar-refractivity contribution is 7.53. The highest BCUT2D eigenvalue weighted by Crippen LogP contribution is 2.43. The molecule has 0 saturated carbocycles. The summed E-state index contributed by atoms with van der Waals surface area (Å²) in [5.41, 5.74) is 0.147. The number of benzene rings is 1. The fourth-order valence-corrected chi connectivity index (χ4v) is 2.47. The zero-order valence-corrected chi connectivity index (χ0v) is 14.3. The molecule has 1 fully saturated rings. The van der Waals surface area contributed by atoms with E-state index in [4.69, 9.17) is 18.4 Å². The maximum absolute atomic E-state index is 11.8. The Balaban J connectivity index is 2.12. The van der Waals surface area contributed by atoms with E-state index < -0.39 is 14.7 Å². The van der Waals surface area contributed by atoms with E-state index in [1.54, 1.807) is 12.1 Å². The lowest BCUT2D eigenvalue weighted by Crippen LogP contribution is -2.41. The minimum absolute atomic E-state index is 0.373. The lowest BCUT2D eigenvalue weighted by molar-refractivity contribution is 0.00578. The zero-order valence-electron chi connectivity index (χ0n) is 13.4. The Morgan fingerprint density at radius 2 is 1.52 bits per heavy atom. The third-order valence-corrected chi connectivity index (χ3v) is 5.21. The summed E-state index contributed by atoms with van der Waals surface area (Å²) in [4.78, 5) is 0. The second-order valence-corrected chi connectivity index (χ2v) is 8.29. The molecule has 21 heavy (non-hydrogen) atoms. The molecule has 0 aliphatic carbocycles. The molecule has 1 heterocycles. The predicted molar refractivity (Wildman–Crippen MR) is 83.3 cm³/mol. The largest absolute Gasteiger partial charge is 0.494 e. The van der Waals surface area contributed by atoms with Gasteiger partial charge in [-0.05, 0) is 45.3 Å². The van der Waals surface area contributed by atoms with E-state index in [0.717, 1.165) is 5.46 Å². The van der Waals surface area contributed by atoms with Crippen LogP contribution in [0, 0.1) is 0 Å². The van der Waals surface area contributed by atoms with Crippen LogP contribution in [0.4, 0.5) is 0 Å². The number of rotatable bonds is 4. The van der Waals surface area contributed by atoms with Crippen molar-refractivity contribution in [2.24, 2.45) is 0 Å². The molecule has 0 radical (unpaired) electrons. The molecule has 2 rings (SSSR count). The smallest absolute Gasteiger partial charge is 0.425 e. The van der Waals surface area contributed by atoms with Gasteiger partial charge in [-0.15, -0.1) is 0 Å². The first kappa shape index (κ1) is 16.6. The Kier molecular flexibility index (Phi) is 4.29. The van der Waals surface area contributed by atoms with Crippen molar-refractivity contribution in [1.29, 1.82) is 0 Å². The fraction of sp³-hybridized carbons (Fsp3) is 0.571. The maximum atomic E-state index is 11.8. The lowest BCUT2D eigenvalue weighted by atomic mass is 9.79. The molecule has 116 valence electrons. The molecule has 1 aromatic rings. The zero-order chi connectivity index (χ0) is 15.9. The van der Waals surface area contributed by atoms with Crippen LogP contribution in [0.1, 0.15) is 27.7 Å². The second kappa shape index (κ2) is 5.43. The molecule has 1 aromatic carbocycles. The van der Waals surface area contributed by atoms with Crippen LogP contribution < -0.4 is 9.99 Å². The molecule has 0 amide bonds. The van der Waals surface area contributed by atoms with Gasteiger partial charge in [0.2, 0.25) is 0 Å². The summed E-state index contributed by atoms with van der Waals surface area (Å²) in [7, 11) is -2.10. The van der Waals surface area contributed by atoms with Crippen molar-refractivity contribution in [3.63, 3.8) is 0 Å². The predicted octanol–water partition coefficient (Wildman–Crippen LogP) is 2.83. The highest BCUT2D eigenvalue weighted by atomic mass is 31.2. The Hall–Kier alpha value is -0.805. The summed E-state index contributed by atoms with van der Waals surface area (Å²) in [6.45, 7) is 9.47. The molecule has 1 aliphatic heterocycles. The third kappa shape index (κ3) is 3.51. The van der Waals surface area contributed by atoms with E-state index in [9.17, 15) is 4.57 Å². The van der Waals surface area contributed by atoms with Gasteiger partial charge in [-0.2, -0.15) is 0 Å². The molecule has 0 spiro atoms. The van der Waals surface area contributed by atoms with E-state index in [-0.39, 0.29) is 11.2 Å². The Labute approximate surface area is 126 Å². The van der Waals surface area contributed by atoms with Crippen molar-refractivity contribution in [2.45, 2.75) is 38.9 Å². The van der Waals surface area contributed by atoms with E-state index >= 15 is 0 Å². The first-order chi connectivity index (χ1) is 9.56. The van der Waals surface area contributed by atoms with Crippen molar-refractivity contribution in [2.75, 3.05) is 13.8 Å². The van der Waals surface area contributed by atoms with Crippen molar-refractivity contribution in [3.05, 3.63) is 24.3 Å². The molecule has 0 bridgehead atoms. The summed E-state index contributed by atoms with van der Waals surface area (Å²) < 4.78 is 33.8. The molecule has 1 aliphatic rings. The van der Waals surface area contributed by atoms with Crippen LogP contribution in [-0.2, 0) is 18.4 Å². The first-order valence-corrected chi connectivity index (χ1v) is 8.84. The summed E-state index contributed by atoms with van der Waals surface area (Å²) in [6, 6.07) is 7.14. The number of hydrogen-bond acceptors (Lipinski definition) is 5. The van der Waals surface area contributed by atoms with Crippen LogP contribution in [0.2, 0.25) is 0 Å². The molecular weight excluding hydrogens is 290 g/mol. The van der Waals surface area contributed by atoms with Crippen molar-refractivity contribution in [3.8, 4) is 5.75 Å². The minimum Gasteiger partial charge on any atom is -0.425 e. The maximum Gasteiger partial charge on any atom is 0.494 e. The van der Waals surface area contributed by atoms with Gasteiger partial charge in [-0.25, -0.2) is 4.57 Å². The standard InChI is InChI=1S/C14H22BO5P/c1-13(2)14(3,4)20-15(19-13)11-7-9-12(10-8-11)18-21(6,16)17-5/h7-10H,1-6H3. The Morgan fingerprint density at radius 3 is 1.95 bits per heavy atom. The lowest BCUT2D eigenvalue weighted by Gasteiger charge is -2.32. The van der Waals surface area contributed by atoms with Crippen LogP contribution in [0.15, 0.2) is 24.3 Å². The van der Waals surface area contributed by atoms with Crippen LogP contribution in [0.25, 0.3) is 0 Å². The molecule has 1 atom stereocenters. The first-order valence-electron chi connectivity index (χ1n) is 6.85. The van der Waals surface area contributed by atoms with Gasteiger partial charge in [0.05, 0.1) is 11.2 Å². The van der Waals surface area contributed by atoms with Crippen LogP contribution >= 0.6 is 7.60 Å².